The van der Waals surface area contributed by atoms with E-state index in [4.69, 9.17) is 8.37 Å². The molecule has 6 aromatic carbocycles. The zero-order chi connectivity index (χ0) is 33.6. The van der Waals surface area contributed by atoms with Gasteiger partial charge in [-0.2, -0.15) is 16.8 Å². The third-order valence-electron chi connectivity index (χ3n) is 7.15. The highest BCUT2D eigenvalue weighted by atomic mass is 32.2. The molecule has 11 heteroatoms. The standard InChI is InChI=1S/C37H28N2O7S2/c40-37(38-31-19-21-32(22-20-31)45-47(41,42)33-23-15-29(16-24-33)27-9-3-1-4-10-27)39-35-13-7-8-14-36(35)46-48(43,44)34-25-17-30(18-26-34)28-11-5-2-6-12-28/h1-26H,(H2,38,39,40). The van der Waals surface area contributed by atoms with Gasteiger partial charge in [0.05, 0.1) is 5.69 Å². The number of hydrogen-bond donors (Lipinski definition) is 2. The molecule has 2 N–H and O–H groups in total. The molecule has 0 aliphatic carbocycles. The van der Waals surface area contributed by atoms with Gasteiger partial charge in [-0.25, -0.2) is 4.79 Å². The zero-order valence-corrected chi connectivity index (χ0v) is 26.8. The van der Waals surface area contributed by atoms with Crippen LogP contribution >= 0.6 is 0 Å². The van der Waals surface area contributed by atoms with Gasteiger partial charge in [-0.3, -0.25) is 0 Å². The molecule has 0 atom stereocenters. The Morgan fingerprint density at radius 1 is 0.438 bits per heavy atom. The number of nitrogens with one attached hydrogen (secondary N) is 2. The first-order valence-corrected chi connectivity index (χ1v) is 17.4. The molecule has 2 amide bonds. The summed E-state index contributed by atoms with van der Waals surface area (Å²) in [5, 5.41) is 5.21. The van der Waals surface area contributed by atoms with E-state index in [2.05, 4.69) is 10.6 Å². The fourth-order valence-electron chi connectivity index (χ4n) is 4.75. The first kappa shape index (κ1) is 32.0. The Labute approximate surface area is 278 Å². The smallest absolute Gasteiger partial charge is 0.339 e. The van der Waals surface area contributed by atoms with Gasteiger partial charge in [-0.05, 0) is 82.9 Å². The van der Waals surface area contributed by atoms with E-state index >= 15 is 0 Å². The Hall–Kier alpha value is -5.91. The lowest BCUT2D eigenvalue weighted by Crippen LogP contribution is -2.20. The molecule has 0 radical (unpaired) electrons. The molecular weight excluding hydrogens is 649 g/mol. The van der Waals surface area contributed by atoms with E-state index in [9.17, 15) is 21.6 Å². The van der Waals surface area contributed by atoms with Crippen molar-refractivity contribution in [3.8, 4) is 33.8 Å². The number of rotatable bonds is 10. The van der Waals surface area contributed by atoms with Gasteiger partial charge >= 0.3 is 26.3 Å². The van der Waals surface area contributed by atoms with Crippen LogP contribution in [-0.4, -0.2) is 22.9 Å². The number of carbonyl (C=O) groups excluding carboxylic acids is 1. The second-order valence-electron chi connectivity index (χ2n) is 10.5. The van der Waals surface area contributed by atoms with Crippen LogP contribution in [0, 0.1) is 0 Å². The van der Waals surface area contributed by atoms with Gasteiger partial charge < -0.3 is 19.0 Å². The van der Waals surface area contributed by atoms with Gasteiger partial charge in [0.15, 0.2) is 5.75 Å². The topological polar surface area (TPSA) is 128 Å². The minimum Gasteiger partial charge on any atom is -0.379 e. The van der Waals surface area contributed by atoms with Gasteiger partial charge in [0.2, 0.25) is 0 Å². The first-order valence-electron chi connectivity index (χ1n) is 14.6. The van der Waals surface area contributed by atoms with Gasteiger partial charge in [0.1, 0.15) is 15.5 Å². The molecule has 6 rings (SSSR count). The van der Waals surface area contributed by atoms with E-state index in [0.29, 0.717) is 5.69 Å². The van der Waals surface area contributed by atoms with Crippen LogP contribution in [-0.2, 0) is 20.2 Å². The quantitative estimate of drug-likeness (QED) is 0.140. The molecule has 48 heavy (non-hydrogen) atoms. The highest BCUT2D eigenvalue weighted by molar-refractivity contribution is 7.87. The van der Waals surface area contributed by atoms with Crippen molar-refractivity contribution < 1.29 is 30.0 Å². The average molecular weight is 677 g/mol. The summed E-state index contributed by atoms with van der Waals surface area (Å²) in [7, 11) is -8.33. The molecule has 0 aliphatic rings. The summed E-state index contributed by atoms with van der Waals surface area (Å²) < 4.78 is 62.5. The Balaban J connectivity index is 1.07. The summed E-state index contributed by atoms with van der Waals surface area (Å²) in [4.78, 5) is 12.8. The van der Waals surface area contributed by atoms with Crippen molar-refractivity contribution in [2.24, 2.45) is 0 Å². The summed E-state index contributed by atoms with van der Waals surface area (Å²) in [5.74, 6) is -0.0283. The Kier molecular flexibility index (Phi) is 9.24. The normalized spacial score (nSPS) is 11.3. The summed E-state index contributed by atoms with van der Waals surface area (Å²) in [5.41, 5.74) is 4.06. The van der Waals surface area contributed by atoms with E-state index in [1.54, 1.807) is 36.4 Å². The minimum atomic E-state index is -4.22. The van der Waals surface area contributed by atoms with Crippen molar-refractivity contribution in [3.63, 3.8) is 0 Å². The van der Waals surface area contributed by atoms with Crippen LogP contribution in [0.25, 0.3) is 22.3 Å². The molecule has 6 aromatic rings. The molecule has 0 saturated heterocycles. The number of benzene rings is 6. The van der Waals surface area contributed by atoms with E-state index < -0.39 is 26.3 Å². The molecule has 0 unspecified atom stereocenters. The van der Waals surface area contributed by atoms with Crippen molar-refractivity contribution in [1.82, 2.24) is 0 Å². The van der Waals surface area contributed by atoms with E-state index in [-0.39, 0.29) is 27.0 Å². The third kappa shape index (κ3) is 7.72. The molecular formula is C37H28N2O7S2. The number of amides is 2. The van der Waals surface area contributed by atoms with E-state index in [1.807, 2.05) is 60.7 Å². The predicted molar refractivity (Wildman–Crippen MR) is 185 cm³/mol. The average Bonchev–Trinajstić information content (AvgIpc) is 3.11. The summed E-state index contributed by atoms with van der Waals surface area (Å²) in [6.07, 6.45) is 0. The maximum absolute atomic E-state index is 13.1. The fourth-order valence-corrected chi connectivity index (χ4v) is 6.63. The zero-order valence-electron chi connectivity index (χ0n) is 25.2. The molecule has 0 bridgehead atoms. The molecule has 0 fully saturated rings. The molecule has 0 spiro atoms. The Bertz CT molecular complexity index is 2240. The fraction of sp³-hybridized carbons (Fsp3) is 0. The van der Waals surface area contributed by atoms with E-state index in [1.165, 1.54) is 60.7 Å². The van der Waals surface area contributed by atoms with Crippen molar-refractivity contribution in [1.29, 1.82) is 0 Å². The second-order valence-corrected chi connectivity index (χ2v) is 13.5. The SMILES string of the molecule is O=C(Nc1ccc(OS(=O)(=O)c2ccc(-c3ccccc3)cc2)cc1)Nc1ccccc1OS(=O)(=O)c1ccc(-c2ccccc2)cc1. The molecule has 240 valence electrons. The number of hydrogen-bond acceptors (Lipinski definition) is 7. The summed E-state index contributed by atoms with van der Waals surface area (Å²) in [6, 6.07) is 43.0. The number of anilines is 2. The number of carbonyl (C=O) groups is 1. The monoisotopic (exact) mass is 676 g/mol. The van der Waals surface area contributed by atoms with E-state index in [0.717, 1.165) is 22.3 Å². The molecule has 0 heterocycles. The molecule has 9 nitrogen and oxygen atoms in total. The van der Waals surface area contributed by atoms with Gasteiger partial charge in [0.25, 0.3) is 0 Å². The number of para-hydroxylation sites is 2. The van der Waals surface area contributed by atoms with Crippen LogP contribution in [0.15, 0.2) is 168 Å². The van der Waals surface area contributed by atoms with Crippen LogP contribution in [0.3, 0.4) is 0 Å². The third-order valence-corrected chi connectivity index (χ3v) is 9.66. The van der Waals surface area contributed by atoms with Gasteiger partial charge in [-0.1, -0.05) is 97.1 Å². The number of urea groups is 1. The van der Waals surface area contributed by atoms with Crippen LogP contribution in [0.2, 0.25) is 0 Å². The molecule has 0 saturated carbocycles. The van der Waals surface area contributed by atoms with Crippen LogP contribution in [0.1, 0.15) is 0 Å². The molecule has 0 aromatic heterocycles. The Morgan fingerprint density at radius 2 is 0.875 bits per heavy atom. The highest BCUT2D eigenvalue weighted by Gasteiger charge is 2.20. The van der Waals surface area contributed by atoms with Crippen LogP contribution in [0.4, 0.5) is 16.2 Å². The van der Waals surface area contributed by atoms with Crippen molar-refractivity contribution in [2.45, 2.75) is 9.79 Å². The largest absolute Gasteiger partial charge is 0.379 e. The maximum Gasteiger partial charge on any atom is 0.339 e. The first-order chi connectivity index (χ1) is 23.2. The lowest BCUT2D eigenvalue weighted by atomic mass is 10.1. The lowest BCUT2D eigenvalue weighted by Gasteiger charge is -2.13. The Morgan fingerprint density at radius 3 is 1.40 bits per heavy atom. The summed E-state index contributed by atoms with van der Waals surface area (Å²) in [6.45, 7) is 0. The minimum absolute atomic E-state index is 0.00384. The van der Waals surface area contributed by atoms with Gasteiger partial charge in [0, 0.05) is 5.69 Å². The van der Waals surface area contributed by atoms with Crippen molar-refractivity contribution >= 4 is 37.6 Å². The highest BCUT2D eigenvalue weighted by Crippen LogP contribution is 2.29. The predicted octanol–water partition coefficient (Wildman–Crippen LogP) is 8.20. The van der Waals surface area contributed by atoms with Gasteiger partial charge in [-0.15, -0.1) is 0 Å². The molecule has 0 aliphatic heterocycles. The lowest BCUT2D eigenvalue weighted by molar-refractivity contribution is 0.262. The van der Waals surface area contributed by atoms with Crippen LogP contribution < -0.4 is 19.0 Å². The van der Waals surface area contributed by atoms with Crippen molar-refractivity contribution in [2.75, 3.05) is 10.6 Å². The van der Waals surface area contributed by atoms with Crippen molar-refractivity contribution in [3.05, 3.63) is 158 Å². The second kappa shape index (κ2) is 13.8. The summed E-state index contributed by atoms with van der Waals surface area (Å²) >= 11 is 0. The maximum atomic E-state index is 13.1. The van der Waals surface area contributed by atoms with Crippen LogP contribution in [0.5, 0.6) is 11.5 Å².